The van der Waals surface area contributed by atoms with Crippen LogP contribution in [0.5, 0.6) is 0 Å². The Morgan fingerprint density at radius 1 is 1.21 bits per heavy atom. The van der Waals surface area contributed by atoms with Gasteiger partial charge in [0.25, 0.3) is 0 Å². The van der Waals surface area contributed by atoms with Gasteiger partial charge < -0.3 is 5.32 Å². The van der Waals surface area contributed by atoms with Gasteiger partial charge in [0.15, 0.2) is 0 Å². The first-order chi connectivity index (χ1) is 11.5. The van der Waals surface area contributed by atoms with Gasteiger partial charge in [0.05, 0.1) is 11.9 Å². The van der Waals surface area contributed by atoms with Crippen LogP contribution in [0.3, 0.4) is 0 Å². The van der Waals surface area contributed by atoms with Crippen LogP contribution in [-0.2, 0) is 11.2 Å². The predicted molar refractivity (Wildman–Crippen MR) is 99.0 cm³/mol. The molecule has 1 aliphatic rings. The number of carbonyl (C=O) groups excluding carboxylic acids is 1. The molecule has 128 valence electrons. The Bertz CT molecular complexity index is 753. The molecule has 1 heterocycles. The van der Waals surface area contributed by atoms with E-state index >= 15 is 0 Å². The Balaban J connectivity index is 1.78. The highest BCUT2D eigenvalue weighted by Crippen LogP contribution is 2.29. The number of amides is 1. The molecule has 1 amide bonds. The Hall–Kier alpha value is -1.90. The first kappa shape index (κ1) is 16.9. The standard InChI is InChI=1S/C21H28N2O/c1-13-8-7-11-19(14(13)2)23-21(24)12-18-15(3)17-9-5-6-10-20(17)22-16(18)4/h5-6,9-10,13-14,19H,7-8,11-12H2,1-4H3,(H,23,24). The number of fused-ring (bicyclic) bond motifs is 1. The van der Waals surface area contributed by atoms with Crippen LogP contribution in [-0.4, -0.2) is 16.9 Å². The van der Waals surface area contributed by atoms with Crippen LogP contribution in [0.15, 0.2) is 24.3 Å². The molecule has 0 radical (unpaired) electrons. The normalized spacial score (nSPS) is 24.1. The number of para-hydroxylation sites is 1. The Morgan fingerprint density at radius 2 is 1.96 bits per heavy atom. The zero-order chi connectivity index (χ0) is 17.3. The lowest BCUT2D eigenvalue weighted by molar-refractivity contribution is -0.121. The molecule has 1 aromatic heterocycles. The van der Waals surface area contributed by atoms with Crippen LogP contribution in [0.4, 0.5) is 0 Å². The van der Waals surface area contributed by atoms with Gasteiger partial charge in [0, 0.05) is 17.1 Å². The van der Waals surface area contributed by atoms with E-state index in [9.17, 15) is 4.79 Å². The average Bonchev–Trinajstić information content (AvgIpc) is 2.56. The molecule has 0 bridgehead atoms. The van der Waals surface area contributed by atoms with E-state index in [1.165, 1.54) is 18.4 Å². The van der Waals surface area contributed by atoms with Gasteiger partial charge in [-0.05, 0) is 49.3 Å². The minimum absolute atomic E-state index is 0.129. The minimum atomic E-state index is 0.129. The second-order valence-electron chi connectivity index (χ2n) is 7.44. The smallest absolute Gasteiger partial charge is 0.224 e. The maximum atomic E-state index is 12.6. The van der Waals surface area contributed by atoms with E-state index in [-0.39, 0.29) is 5.91 Å². The summed E-state index contributed by atoms with van der Waals surface area (Å²) in [6.07, 6.45) is 4.02. The van der Waals surface area contributed by atoms with Crippen molar-refractivity contribution in [2.24, 2.45) is 11.8 Å². The fourth-order valence-electron chi connectivity index (χ4n) is 4.03. The molecule has 1 fully saturated rings. The second kappa shape index (κ2) is 6.92. The summed E-state index contributed by atoms with van der Waals surface area (Å²) >= 11 is 0. The quantitative estimate of drug-likeness (QED) is 0.913. The lowest BCUT2D eigenvalue weighted by atomic mass is 9.78. The fourth-order valence-corrected chi connectivity index (χ4v) is 4.03. The van der Waals surface area contributed by atoms with Crippen LogP contribution >= 0.6 is 0 Å². The Kier molecular flexibility index (Phi) is 4.88. The molecule has 24 heavy (non-hydrogen) atoms. The fraction of sp³-hybridized carbons (Fsp3) is 0.524. The average molecular weight is 324 g/mol. The Morgan fingerprint density at radius 3 is 2.75 bits per heavy atom. The van der Waals surface area contributed by atoms with Crippen molar-refractivity contribution in [1.29, 1.82) is 0 Å². The number of nitrogens with one attached hydrogen (secondary N) is 1. The molecule has 3 nitrogen and oxygen atoms in total. The van der Waals surface area contributed by atoms with Crippen molar-refractivity contribution < 1.29 is 4.79 Å². The number of aromatic nitrogens is 1. The molecular weight excluding hydrogens is 296 g/mol. The molecule has 0 saturated heterocycles. The molecule has 0 spiro atoms. The summed E-state index contributed by atoms with van der Waals surface area (Å²) in [5.41, 5.74) is 4.22. The molecule has 3 unspecified atom stereocenters. The topological polar surface area (TPSA) is 42.0 Å². The highest BCUT2D eigenvalue weighted by Gasteiger charge is 2.28. The van der Waals surface area contributed by atoms with Gasteiger partial charge in [-0.3, -0.25) is 9.78 Å². The molecule has 3 rings (SSSR count). The van der Waals surface area contributed by atoms with Gasteiger partial charge in [-0.15, -0.1) is 0 Å². The number of rotatable bonds is 3. The third-order valence-corrected chi connectivity index (χ3v) is 5.88. The van der Waals surface area contributed by atoms with Crippen LogP contribution in [0.25, 0.3) is 10.9 Å². The van der Waals surface area contributed by atoms with E-state index < -0.39 is 0 Å². The maximum absolute atomic E-state index is 12.6. The van der Waals surface area contributed by atoms with Crippen molar-refractivity contribution in [1.82, 2.24) is 10.3 Å². The van der Waals surface area contributed by atoms with Crippen molar-refractivity contribution in [3.05, 3.63) is 41.1 Å². The third-order valence-electron chi connectivity index (χ3n) is 5.88. The zero-order valence-electron chi connectivity index (χ0n) is 15.2. The molecule has 3 atom stereocenters. The van der Waals surface area contributed by atoms with E-state index in [0.717, 1.165) is 28.6 Å². The summed E-state index contributed by atoms with van der Waals surface area (Å²) < 4.78 is 0. The monoisotopic (exact) mass is 324 g/mol. The molecule has 1 aliphatic carbocycles. The van der Waals surface area contributed by atoms with E-state index in [4.69, 9.17) is 0 Å². The van der Waals surface area contributed by atoms with Gasteiger partial charge in [-0.2, -0.15) is 0 Å². The lowest BCUT2D eigenvalue weighted by Crippen LogP contribution is -2.44. The van der Waals surface area contributed by atoms with Crippen LogP contribution in [0.2, 0.25) is 0 Å². The predicted octanol–water partition coefficient (Wildman–Crippen LogP) is 4.34. The molecule has 1 N–H and O–H groups in total. The molecule has 2 aromatic rings. The summed E-state index contributed by atoms with van der Waals surface area (Å²) in [6.45, 7) is 8.67. The van der Waals surface area contributed by atoms with Gasteiger partial charge in [-0.1, -0.05) is 44.9 Å². The number of hydrogen-bond acceptors (Lipinski definition) is 2. The van der Waals surface area contributed by atoms with Crippen LogP contribution < -0.4 is 5.32 Å². The summed E-state index contributed by atoms with van der Waals surface area (Å²) in [7, 11) is 0. The number of aryl methyl sites for hydroxylation is 2. The van der Waals surface area contributed by atoms with Gasteiger partial charge in [0.1, 0.15) is 0 Å². The van der Waals surface area contributed by atoms with Crippen molar-refractivity contribution in [2.45, 2.75) is 59.4 Å². The summed E-state index contributed by atoms with van der Waals surface area (Å²) in [6, 6.07) is 8.47. The zero-order valence-corrected chi connectivity index (χ0v) is 15.2. The number of hydrogen-bond donors (Lipinski definition) is 1. The summed E-state index contributed by atoms with van der Waals surface area (Å²) in [5, 5.41) is 4.43. The van der Waals surface area contributed by atoms with Crippen molar-refractivity contribution in [3.8, 4) is 0 Å². The van der Waals surface area contributed by atoms with Crippen molar-refractivity contribution in [2.75, 3.05) is 0 Å². The number of pyridine rings is 1. The second-order valence-corrected chi connectivity index (χ2v) is 7.44. The van der Waals surface area contributed by atoms with Gasteiger partial charge >= 0.3 is 0 Å². The molecule has 0 aliphatic heterocycles. The largest absolute Gasteiger partial charge is 0.353 e. The Labute approximate surface area is 144 Å². The molecule has 1 saturated carbocycles. The minimum Gasteiger partial charge on any atom is -0.353 e. The van der Waals surface area contributed by atoms with Crippen molar-refractivity contribution in [3.63, 3.8) is 0 Å². The molecule has 3 heteroatoms. The summed E-state index contributed by atoms with van der Waals surface area (Å²) in [5.74, 6) is 1.37. The van der Waals surface area contributed by atoms with E-state index in [1.54, 1.807) is 0 Å². The highest BCUT2D eigenvalue weighted by molar-refractivity contribution is 5.86. The van der Waals surface area contributed by atoms with Crippen LogP contribution in [0.1, 0.15) is 49.9 Å². The maximum Gasteiger partial charge on any atom is 0.224 e. The molecule has 1 aromatic carbocycles. The lowest BCUT2D eigenvalue weighted by Gasteiger charge is -2.34. The van der Waals surface area contributed by atoms with E-state index in [1.807, 2.05) is 25.1 Å². The van der Waals surface area contributed by atoms with Crippen LogP contribution in [0, 0.1) is 25.7 Å². The highest BCUT2D eigenvalue weighted by atomic mass is 16.1. The summed E-state index contributed by atoms with van der Waals surface area (Å²) in [4.78, 5) is 17.3. The van der Waals surface area contributed by atoms with Gasteiger partial charge in [0.2, 0.25) is 5.91 Å². The van der Waals surface area contributed by atoms with E-state index in [2.05, 4.69) is 37.1 Å². The van der Waals surface area contributed by atoms with Crippen molar-refractivity contribution >= 4 is 16.8 Å². The molecular formula is C21H28N2O. The number of benzene rings is 1. The first-order valence-corrected chi connectivity index (χ1v) is 9.11. The third kappa shape index (κ3) is 3.31. The SMILES string of the molecule is Cc1nc2ccccc2c(C)c1CC(=O)NC1CCCC(C)C1C. The number of carbonyl (C=O) groups is 1. The van der Waals surface area contributed by atoms with Gasteiger partial charge in [-0.25, -0.2) is 0 Å². The first-order valence-electron chi connectivity index (χ1n) is 9.11. The van der Waals surface area contributed by atoms with E-state index in [0.29, 0.717) is 24.3 Å². The number of nitrogens with zero attached hydrogens (tertiary/aromatic N) is 1.